The highest BCUT2D eigenvalue weighted by atomic mass is 32.1. The highest BCUT2D eigenvalue weighted by Crippen LogP contribution is 2.25. The summed E-state index contributed by atoms with van der Waals surface area (Å²) in [6.45, 7) is 8.69. The minimum atomic E-state index is 0.557. The van der Waals surface area contributed by atoms with E-state index in [0.717, 1.165) is 19.0 Å². The van der Waals surface area contributed by atoms with E-state index in [0.29, 0.717) is 5.92 Å². The van der Waals surface area contributed by atoms with Crippen LogP contribution in [0.2, 0.25) is 0 Å². The number of hydrogen-bond acceptors (Lipinski definition) is 4. The first-order chi connectivity index (χ1) is 8.69. The normalized spacial score (nSPS) is 18.7. The average Bonchev–Trinajstić information content (AvgIpc) is 2.81. The van der Waals surface area contributed by atoms with Gasteiger partial charge in [-0.15, -0.1) is 11.3 Å². The molecule has 1 fully saturated rings. The van der Waals surface area contributed by atoms with Crippen molar-refractivity contribution in [3.63, 3.8) is 0 Å². The maximum Gasteiger partial charge on any atom is 0.0931 e. The lowest BCUT2D eigenvalue weighted by Crippen LogP contribution is -2.37. The molecule has 1 aromatic heterocycles. The molecule has 0 unspecified atom stereocenters. The quantitative estimate of drug-likeness (QED) is 0.891. The van der Waals surface area contributed by atoms with Crippen molar-refractivity contribution in [1.29, 1.82) is 0 Å². The maximum absolute atomic E-state index is 5.60. The van der Waals surface area contributed by atoms with Crippen molar-refractivity contribution in [3.05, 3.63) is 16.1 Å². The molecule has 2 rings (SSSR count). The fourth-order valence-electron chi connectivity index (χ4n) is 2.53. The zero-order valence-electron chi connectivity index (χ0n) is 11.6. The van der Waals surface area contributed by atoms with Crippen LogP contribution in [0.15, 0.2) is 5.38 Å². The van der Waals surface area contributed by atoms with Gasteiger partial charge in [0.1, 0.15) is 0 Å². The topological polar surface area (TPSA) is 42.1 Å². The number of nitrogens with two attached hydrogens (primary N) is 1. The van der Waals surface area contributed by atoms with Gasteiger partial charge in [0, 0.05) is 24.9 Å². The Kier molecular flexibility index (Phi) is 5.15. The fraction of sp³-hybridized carbons (Fsp3) is 0.786. The highest BCUT2D eigenvalue weighted by molar-refractivity contribution is 7.09. The minimum Gasteiger partial charge on any atom is -0.329 e. The van der Waals surface area contributed by atoms with Gasteiger partial charge in [0.25, 0.3) is 0 Å². The third kappa shape index (κ3) is 3.77. The van der Waals surface area contributed by atoms with Crippen LogP contribution in [-0.4, -0.2) is 36.1 Å². The molecular formula is C14H25N3S. The molecule has 0 aliphatic carbocycles. The molecule has 18 heavy (non-hydrogen) atoms. The van der Waals surface area contributed by atoms with Gasteiger partial charge in [-0.2, -0.15) is 0 Å². The molecule has 0 aromatic carbocycles. The molecule has 0 amide bonds. The number of rotatable bonds is 5. The van der Waals surface area contributed by atoms with Crippen LogP contribution in [0.5, 0.6) is 0 Å². The average molecular weight is 267 g/mol. The summed E-state index contributed by atoms with van der Waals surface area (Å²) in [6, 6.07) is 0. The molecule has 2 N–H and O–H groups in total. The van der Waals surface area contributed by atoms with Crippen LogP contribution < -0.4 is 5.73 Å². The largest absolute Gasteiger partial charge is 0.329 e. The number of aromatic nitrogens is 1. The van der Waals surface area contributed by atoms with Crippen LogP contribution in [0.4, 0.5) is 0 Å². The smallest absolute Gasteiger partial charge is 0.0931 e. The molecule has 1 aliphatic heterocycles. The zero-order valence-corrected chi connectivity index (χ0v) is 12.4. The van der Waals surface area contributed by atoms with Crippen molar-refractivity contribution in [2.45, 2.75) is 39.0 Å². The second kappa shape index (κ2) is 6.64. The summed E-state index contributed by atoms with van der Waals surface area (Å²) in [5.41, 5.74) is 6.86. The molecule has 1 aliphatic rings. The van der Waals surface area contributed by atoms with Crippen molar-refractivity contribution in [1.82, 2.24) is 9.88 Å². The number of likely N-dealkylation sites (tertiary alicyclic amines) is 1. The first-order valence-electron chi connectivity index (χ1n) is 7.05. The predicted molar refractivity (Wildman–Crippen MR) is 78.1 cm³/mol. The Morgan fingerprint density at radius 3 is 2.72 bits per heavy atom. The molecule has 1 aromatic rings. The minimum absolute atomic E-state index is 0.557. The van der Waals surface area contributed by atoms with Gasteiger partial charge in [-0.25, -0.2) is 4.98 Å². The SMILES string of the molecule is CC(C)c1csc(CC2CCN(CCN)CC2)n1. The van der Waals surface area contributed by atoms with Crippen molar-refractivity contribution in [2.75, 3.05) is 26.2 Å². The Morgan fingerprint density at radius 1 is 1.44 bits per heavy atom. The monoisotopic (exact) mass is 267 g/mol. The number of thiazole rings is 1. The van der Waals surface area contributed by atoms with Gasteiger partial charge in [-0.05, 0) is 37.8 Å². The second-order valence-corrected chi connectivity index (χ2v) is 6.54. The summed E-state index contributed by atoms with van der Waals surface area (Å²) in [5, 5.41) is 3.56. The van der Waals surface area contributed by atoms with E-state index in [9.17, 15) is 0 Å². The molecule has 0 saturated carbocycles. The number of hydrogen-bond donors (Lipinski definition) is 1. The van der Waals surface area contributed by atoms with E-state index in [4.69, 9.17) is 10.7 Å². The molecule has 0 bridgehead atoms. The Bertz CT molecular complexity index is 354. The lowest BCUT2D eigenvalue weighted by Gasteiger charge is -2.31. The third-order valence-corrected chi connectivity index (χ3v) is 4.67. The Balaban J connectivity index is 1.80. The Hall–Kier alpha value is -0.450. The van der Waals surface area contributed by atoms with Gasteiger partial charge in [0.15, 0.2) is 0 Å². The molecule has 1 saturated heterocycles. The predicted octanol–water partition coefficient (Wildman–Crippen LogP) is 2.48. The van der Waals surface area contributed by atoms with Gasteiger partial charge in [0.2, 0.25) is 0 Å². The van der Waals surface area contributed by atoms with E-state index in [1.54, 1.807) is 0 Å². The zero-order chi connectivity index (χ0) is 13.0. The molecule has 4 heteroatoms. The summed E-state index contributed by atoms with van der Waals surface area (Å²) in [6.07, 6.45) is 3.78. The first kappa shape index (κ1) is 14.0. The van der Waals surface area contributed by atoms with Gasteiger partial charge in [-0.3, -0.25) is 0 Å². The first-order valence-corrected chi connectivity index (χ1v) is 7.93. The van der Waals surface area contributed by atoms with Crippen LogP contribution in [0.25, 0.3) is 0 Å². The van der Waals surface area contributed by atoms with Crippen LogP contribution in [0, 0.1) is 5.92 Å². The van der Waals surface area contributed by atoms with Crippen LogP contribution in [0.3, 0.4) is 0 Å². The van der Waals surface area contributed by atoms with Crippen molar-refractivity contribution in [3.8, 4) is 0 Å². The Labute approximate surface area is 114 Å². The summed E-state index contributed by atoms with van der Waals surface area (Å²) in [4.78, 5) is 7.23. The van der Waals surface area contributed by atoms with E-state index in [1.165, 1.54) is 43.1 Å². The van der Waals surface area contributed by atoms with E-state index in [2.05, 4.69) is 24.1 Å². The lowest BCUT2D eigenvalue weighted by molar-refractivity contribution is 0.188. The van der Waals surface area contributed by atoms with Crippen LogP contribution in [0.1, 0.15) is 43.3 Å². The fourth-order valence-corrected chi connectivity index (χ4v) is 3.60. The van der Waals surface area contributed by atoms with Gasteiger partial charge in [0.05, 0.1) is 10.7 Å². The summed E-state index contributed by atoms with van der Waals surface area (Å²) < 4.78 is 0. The van der Waals surface area contributed by atoms with Gasteiger partial charge in [-0.1, -0.05) is 13.8 Å². The highest BCUT2D eigenvalue weighted by Gasteiger charge is 2.20. The van der Waals surface area contributed by atoms with Crippen molar-refractivity contribution < 1.29 is 0 Å². The van der Waals surface area contributed by atoms with E-state index in [-0.39, 0.29) is 0 Å². The van der Waals surface area contributed by atoms with E-state index < -0.39 is 0 Å². The molecule has 0 radical (unpaired) electrons. The van der Waals surface area contributed by atoms with Gasteiger partial charge < -0.3 is 10.6 Å². The van der Waals surface area contributed by atoms with Gasteiger partial charge >= 0.3 is 0 Å². The maximum atomic E-state index is 5.60. The number of nitrogens with zero attached hydrogens (tertiary/aromatic N) is 2. The van der Waals surface area contributed by atoms with Crippen molar-refractivity contribution >= 4 is 11.3 Å². The molecular weight excluding hydrogens is 242 g/mol. The molecule has 2 heterocycles. The summed E-state index contributed by atoms with van der Waals surface area (Å²) in [5.74, 6) is 1.38. The second-order valence-electron chi connectivity index (χ2n) is 5.60. The van der Waals surface area contributed by atoms with Crippen LogP contribution in [-0.2, 0) is 6.42 Å². The standard InChI is InChI=1S/C14H25N3S/c1-11(2)13-10-18-14(16-13)9-12-3-6-17(7-4-12)8-5-15/h10-12H,3-9,15H2,1-2H3. The molecule has 0 atom stereocenters. The number of piperidine rings is 1. The molecule has 102 valence electrons. The van der Waals surface area contributed by atoms with E-state index in [1.807, 2.05) is 11.3 Å². The lowest BCUT2D eigenvalue weighted by atomic mass is 9.94. The van der Waals surface area contributed by atoms with Crippen molar-refractivity contribution in [2.24, 2.45) is 11.7 Å². The third-order valence-electron chi connectivity index (χ3n) is 3.78. The van der Waals surface area contributed by atoms with E-state index >= 15 is 0 Å². The van der Waals surface area contributed by atoms with Crippen LogP contribution >= 0.6 is 11.3 Å². The molecule has 3 nitrogen and oxygen atoms in total. The molecule has 0 spiro atoms. The summed E-state index contributed by atoms with van der Waals surface area (Å²) in [7, 11) is 0. The summed E-state index contributed by atoms with van der Waals surface area (Å²) >= 11 is 1.84. The Morgan fingerprint density at radius 2 is 2.17 bits per heavy atom.